The minimum Gasteiger partial charge on any atom is -0.491 e. The van der Waals surface area contributed by atoms with Gasteiger partial charge < -0.3 is 35.6 Å². The molecule has 0 spiro atoms. The molecule has 0 radical (unpaired) electrons. The molecular formula is C38H47N7O9S. The maximum absolute atomic E-state index is 14.4. The average Bonchev–Trinajstić information content (AvgIpc) is 4.10. The number of nitrogens with one attached hydrogen (secondary N) is 5. The molecule has 2 aliphatic carbocycles. The molecule has 3 fully saturated rings. The number of amides is 6. The Bertz CT molecular complexity index is 1950. The third kappa shape index (κ3) is 9.10. The Morgan fingerprint density at radius 2 is 1.76 bits per heavy atom. The van der Waals surface area contributed by atoms with E-state index in [1.807, 2.05) is 24.3 Å². The summed E-state index contributed by atoms with van der Waals surface area (Å²) in [4.78, 5) is 75.1. The number of nitrogens with zero attached hydrogens (tertiary/aromatic N) is 2. The Kier molecular flexibility index (Phi) is 11.4. The Balaban J connectivity index is 1.18. The number of carbonyl (C=O) groups is 5. The number of carbonyl (C=O) groups excluding carboxylic acids is 5. The van der Waals surface area contributed by atoms with Crippen LogP contribution in [0, 0.1) is 5.92 Å². The van der Waals surface area contributed by atoms with Gasteiger partial charge in [-0.2, -0.15) is 0 Å². The molecule has 5 atom stereocenters. The minimum absolute atomic E-state index is 0.00276. The fourth-order valence-corrected chi connectivity index (χ4v) is 8.76. The molecule has 294 valence electrons. The molecule has 1 aromatic carbocycles. The molecule has 5 N–H and O–H groups in total. The smallest absolute Gasteiger partial charge is 0.315 e. The number of rotatable bonds is 3. The summed E-state index contributed by atoms with van der Waals surface area (Å²) in [5.41, 5.74) is -0.146. The first kappa shape index (κ1) is 38.3. The predicted octanol–water partition coefficient (Wildman–Crippen LogP) is 1.53. The van der Waals surface area contributed by atoms with Gasteiger partial charge >= 0.3 is 6.03 Å². The van der Waals surface area contributed by atoms with Crippen LogP contribution in [0.15, 0.2) is 54.6 Å². The molecule has 17 heteroatoms. The van der Waals surface area contributed by atoms with Gasteiger partial charge in [0, 0.05) is 30.6 Å². The Morgan fingerprint density at radius 1 is 0.945 bits per heavy atom. The molecule has 16 nitrogen and oxygen atoms in total. The molecule has 1 aromatic heterocycles. The third-order valence-corrected chi connectivity index (χ3v) is 12.5. The summed E-state index contributed by atoms with van der Waals surface area (Å²) in [6.07, 6.45) is 7.99. The summed E-state index contributed by atoms with van der Waals surface area (Å²) >= 11 is 0. The second kappa shape index (κ2) is 16.4. The standard InChI is InChI=1S/C38H47N7O9S/c46-33-30-13-7-12-29(41-30)24-8-6-10-27(20-24)54-19-18-53-17-16-39-37(50)42-31-11-5-3-1-2-4-9-25-22-38(25,36(49)44-55(51,52)28-14-15-28)43-34(47)32-21-26(40-33)23-45(32)35(31)48/h4,6-10,12-13,20,25-26,28,31-32H,1-3,5,11,14-19,21-23H2,(H,40,46)(H,43,47)(H,44,49)(H2,39,42,50)/b9-4-/t25-,26-,31+,32+,38-/m1/s1. The van der Waals surface area contributed by atoms with Crippen molar-refractivity contribution in [3.8, 4) is 17.0 Å². The lowest BCUT2D eigenvalue weighted by atomic mass is 10.0. The van der Waals surface area contributed by atoms with Crippen molar-refractivity contribution in [2.75, 3.05) is 32.9 Å². The van der Waals surface area contributed by atoms with Crippen molar-refractivity contribution in [3.05, 3.63) is 60.3 Å². The number of allylic oxidation sites excluding steroid dienone is 1. The molecule has 6 amide bonds. The maximum Gasteiger partial charge on any atom is 0.315 e. The van der Waals surface area contributed by atoms with Crippen LogP contribution in [-0.2, 0) is 29.1 Å². The van der Waals surface area contributed by atoms with E-state index in [0.29, 0.717) is 43.5 Å². The van der Waals surface area contributed by atoms with Gasteiger partial charge in [-0.15, -0.1) is 0 Å². The second-order valence-corrected chi connectivity index (χ2v) is 16.7. The zero-order valence-electron chi connectivity index (χ0n) is 30.5. The summed E-state index contributed by atoms with van der Waals surface area (Å²) < 4.78 is 39.3. The molecule has 1 saturated heterocycles. The van der Waals surface area contributed by atoms with E-state index < -0.39 is 74.5 Å². The summed E-state index contributed by atoms with van der Waals surface area (Å²) in [6, 6.07) is 8.89. The van der Waals surface area contributed by atoms with Crippen molar-refractivity contribution in [2.24, 2.45) is 5.92 Å². The van der Waals surface area contributed by atoms with Crippen molar-refractivity contribution in [1.82, 2.24) is 35.9 Å². The van der Waals surface area contributed by atoms with Gasteiger partial charge in [0.2, 0.25) is 21.8 Å². The molecule has 2 saturated carbocycles. The number of hydrogen-bond donors (Lipinski definition) is 5. The van der Waals surface area contributed by atoms with Crippen molar-refractivity contribution in [3.63, 3.8) is 0 Å². The number of hydrogen-bond acceptors (Lipinski definition) is 10. The number of urea groups is 1. The molecule has 7 rings (SSSR count). The first-order chi connectivity index (χ1) is 26.5. The second-order valence-electron chi connectivity index (χ2n) is 14.8. The van der Waals surface area contributed by atoms with Crippen LogP contribution in [0.2, 0.25) is 0 Å². The van der Waals surface area contributed by atoms with Crippen LogP contribution in [0.5, 0.6) is 5.75 Å². The van der Waals surface area contributed by atoms with Crippen molar-refractivity contribution < 1.29 is 41.9 Å². The summed E-state index contributed by atoms with van der Waals surface area (Å²) in [5.74, 6) is -2.37. The zero-order chi connectivity index (χ0) is 38.6. The highest BCUT2D eigenvalue weighted by Gasteiger charge is 2.62. The van der Waals surface area contributed by atoms with Crippen LogP contribution in [0.4, 0.5) is 4.79 Å². The Morgan fingerprint density at radius 3 is 2.60 bits per heavy atom. The van der Waals surface area contributed by atoms with E-state index >= 15 is 0 Å². The SMILES string of the molecule is O=C1NCCOCCOc2cccc(c2)-c2cccc(n2)C(=O)N[C@@H]2C[C@H]3C(=O)N[C@]4(C(=O)NS(=O)(=O)C5CC5)C[C@H]4/C=C\CCCCC[C@H](N1)C(=O)N3C2. The molecule has 2 aromatic rings. The largest absolute Gasteiger partial charge is 0.491 e. The summed E-state index contributed by atoms with van der Waals surface area (Å²) in [5, 5.41) is 10.7. The van der Waals surface area contributed by atoms with E-state index in [1.54, 1.807) is 30.3 Å². The van der Waals surface area contributed by atoms with Gasteiger partial charge in [0.1, 0.15) is 35.7 Å². The van der Waals surface area contributed by atoms with Crippen molar-refractivity contribution in [2.45, 2.75) is 86.7 Å². The van der Waals surface area contributed by atoms with Gasteiger partial charge in [0.15, 0.2) is 0 Å². The lowest BCUT2D eigenvalue weighted by molar-refractivity contribution is -0.141. The molecule has 0 unspecified atom stereocenters. The van der Waals surface area contributed by atoms with Gasteiger partial charge in [-0.3, -0.25) is 23.9 Å². The number of aromatic nitrogens is 1. The Hall–Kier alpha value is -5.03. The fourth-order valence-electron chi connectivity index (χ4n) is 7.40. The lowest BCUT2D eigenvalue weighted by Gasteiger charge is -2.30. The van der Waals surface area contributed by atoms with Crippen LogP contribution in [0.1, 0.15) is 68.3 Å². The van der Waals surface area contributed by atoms with Crippen LogP contribution in [0.3, 0.4) is 0 Å². The van der Waals surface area contributed by atoms with E-state index in [4.69, 9.17) is 9.47 Å². The van der Waals surface area contributed by atoms with Gasteiger partial charge in [0.05, 0.1) is 24.2 Å². The van der Waals surface area contributed by atoms with Crippen LogP contribution < -0.4 is 30.7 Å². The van der Waals surface area contributed by atoms with Crippen LogP contribution in [-0.4, -0.2) is 110 Å². The third-order valence-electron chi connectivity index (χ3n) is 10.7. The maximum atomic E-state index is 14.4. The highest BCUT2D eigenvalue weighted by molar-refractivity contribution is 7.91. The normalized spacial score (nSPS) is 28.8. The van der Waals surface area contributed by atoms with E-state index in [9.17, 15) is 32.4 Å². The molecule has 4 heterocycles. The topological polar surface area (TPSA) is 214 Å². The summed E-state index contributed by atoms with van der Waals surface area (Å²) in [7, 11) is -3.91. The van der Waals surface area contributed by atoms with E-state index in [-0.39, 0.29) is 51.4 Å². The van der Waals surface area contributed by atoms with Crippen molar-refractivity contribution >= 4 is 39.7 Å². The molecule has 5 aliphatic rings. The lowest BCUT2D eigenvalue weighted by Crippen LogP contribution is -2.58. The van der Waals surface area contributed by atoms with Gasteiger partial charge in [0.25, 0.3) is 11.8 Å². The Labute approximate surface area is 319 Å². The minimum atomic E-state index is -3.91. The van der Waals surface area contributed by atoms with Crippen LogP contribution >= 0.6 is 0 Å². The number of pyridine rings is 1. The van der Waals surface area contributed by atoms with Crippen molar-refractivity contribution in [1.29, 1.82) is 0 Å². The number of sulfonamides is 1. The highest BCUT2D eigenvalue weighted by atomic mass is 32.2. The predicted molar refractivity (Wildman–Crippen MR) is 199 cm³/mol. The number of ether oxygens (including phenoxy) is 2. The van der Waals surface area contributed by atoms with E-state index in [2.05, 4.69) is 31.0 Å². The first-order valence-electron chi connectivity index (χ1n) is 19.0. The molecule has 55 heavy (non-hydrogen) atoms. The summed E-state index contributed by atoms with van der Waals surface area (Å²) in [6.45, 7) is 0.829. The molecule has 7 bridgehead atoms. The monoisotopic (exact) mass is 777 g/mol. The molecular weight excluding hydrogens is 731 g/mol. The fraction of sp³-hybridized carbons (Fsp3) is 0.526. The number of fused-ring (bicyclic) bond motifs is 8. The van der Waals surface area contributed by atoms with E-state index in [1.165, 1.54) is 4.90 Å². The first-order valence-corrected chi connectivity index (χ1v) is 20.6. The van der Waals surface area contributed by atoms with E-state index in [0.717, 1.165) is 18.4 Å². The van der Waals surface area contributed by atoms with Gasteiger partial charge in [-0.25, -0.2) is 18.2 Å². The average molecular weight is 778 g/mol. The zero-order valence-corrected chi connectivity index (χ0v) is 31.3. The van der Waals surface area contributed by atoms with Gasteiger partial charge in [-0.1, -0.05) is 43.2 Å². The number of benzene rings is 1. The molecule has 3 aliphatic heterocycles. The highest BCUT2D eigenvalue weighted by Crippen LogP contribution is 2.46. The van der Waals surface area contributed by atoms with Gasteiger partial charge in [-0.05, 0) is 69.2 Å². The van der Waals surface area contributed by atoms with Crippen LogP contribution in [0.25, 0.3) is 11.3 Å². The quantitative estimate of drug-likeness (QED) is 0.284.